The van der Waals surface area contributed by atoms with Crippen LogP contribution < -0.4 is 5.32 Å². The van der Waals surface area contributed by atoms with Gasteiger partial charge in [0.2, 0.25) is 0 Å². The fourth-order valence-electron chi connectivity index (χ4n) is 1.47. The number of halogens is 1. The lowest BCUT2D eigenvalue weighted by molar-refractivity contribution is 0.0951. The molecule has 0 aliphatic rings. The van der Waals surface area contributed by atoms with E-state index in [1.807, 2.05) is 6.92 Å². The third-order valence-corrected chi connectivity index (χ3v) is 3.00. The minimum Gasteiger partial charge on any atom is -0.352 e. The number of alkyl halides is 1. The van der Waals surface area contributed by atoms with Gasteiger partial charge in [0.25, 0.3) is 5.91 Å². The van der Waals surface area contributed by atoms with Crippen molar-refractivity contribution in [3.8, 4) is 0 Å². The van der Waals surface area contributed by atoms with Gasteiger partial charge >= 0.3 is 0 Å². The SMILES string of the molecule is Cc1cc(C(=O)NCCCCCBr)c(C)nn1. The number of nitrogens with zero attached hydrogens (tertiary/aromatic N) is 2. The molecule has 0 spiro atoms. The molecule has 4 nitrogen and oxygen atoms in total. The Morgan fingerprint density at radius 1 is 1.29 bits per heavy atom. The minimum absolute atomic E-state index is 0.0562. The number of aromatic nitrogens is 2. The number of nitrogens with one attached hydrogen (secondary N) is 1. The topological polar surface area (TPSA) is 54.9 Å². The monoisotopic (exact) mass is 299 g/mol. The zero-order valence-electron chi connectivity index (χ0n) is 10.3. The van der Waals surface area contributed by atoms with Crippen molar-refractivity contribution < 1.29 is 4.79 Å². The van der Waals surface area contributed by atoms with Crippen LogP contribution in [0.4, 0.5) is 0 Å². The van der Waals surface area contributed by atoms with Gasteiger partial charge in [0.15, 0.2) is 0 Å². The highest BCUT2D eigenvalue weighted by molar-refractivity contribution is 9.09. The van der Waals surface area contributed by atoms with Gasteiger partial charge in [0.05, 0.1) is 17.0 Å². The molecule has 1 aromatic heterocycles. The summed E-state index contributed by atoms with van der Waals surface area (Å²) >= 11 is 3.38. The Morgan fingerprint density at radius 3 is 2.76 bits per heavy atom. The summed E-state index contributed by atoms with van der Waals surface area (Å²) in [6, 6.07) is 1.77. The molecule has 0 unspecified atom stereocenters. The molecule has 0 saturated carbocycles. The van der Waals surface area contributed by atoms with Gasteiger partial charge in [-0.1, -0.05) is 22.4 Å². The molecule has 94 valence electrons. The molecule has 1 N–H and O–H groups in total. The first kappa shape index (κ1) is 14.1. The van der Waals surface area contributed by atoms with Crippen LogP contribution in [-0.4, -0.2) is 28.0 Å². The number of carbonyl (C=O) groups is 1. The van der Waals surface area contributed by atoms with E-state index in [9.17, 15) is 4.79 Å². The van der Waals surface area contributed by atoms with Crippen molar-refractivity contribution in [2.45, 2.75) is 33.1 Å². The minimum atomic E-state index is -0.0562. The van der Waals surface area contributed by atoms with E-state index in [1.165, 1.54) is 0 Å². The van der Waals surface area contributed by atoms with E-state index in [0.29, 0.717) is 17.8 Å². The van der Waals surface area contributed by atoms with Gasteiger partial charge < -0.3 is 5.32 Å². The van der Waals surface area contributed by atoms with Crippen LogP contribution >= 0.6 is 15.9 Å². The Hall–Kier alpha value is -0.970. The van der Waals surface area contributed by atoms with E-state index in [4.69, 9.17) is 0 Å². The predicted molar refractivity (Wildman–Crippen MR) is 71.5 cm³/mol. The lowest BCUT2D eigenvalue weighted by atomic mass is 10.2. The van der Waals surface area contributed by atoms with Crippen LogP contribution in [0.2, 0.25) is 0 Å². The number of amides is 1. The summed E-state index contributed by atoms with van der Waals surface area (Å²) in [4.78, 5) is 11.9. The molecule has 1 heterocycles. The summed E-state index contributed by atoms with van der Waals surface area (Å²) in [6.45, 7) is 4.35. The van der Waals surface area contributed by atoms with E-state index in [1.54, 1.807) is 13.0 Å². The third-order valence-electron chi connectivity index (χ3n) is 2.44. The first-order chi connectivity index (χ1) is 8.15. The Bertz CT molecular complexity index is 382. The largest absolute Gasteiger partial charge is 0.352 e. The fraction of sp³-hybridized carbons (Fsp3) is 0.583. The van der Waals surface area contributed by atoms with E-state index in [-0.39, 0.29) is 5.91 Å². The lowest BCUT2D eigenvalue weighted by Crippen LogP contribution is -2.25. The van der Waals surface area contributed by atoms with E-state index in [2.05, 4.69) is 31.4 Å². The Kier molecular flexibility index (Phi) is 6.11. The highest BCUT2D eigenvalue weighted by Crippen LogP contribution is 2.05. The Labute approximate surface area is 110 Å². The van der Waals surface area contributed by atoms with E-state index >= 15 is 0 Å². The summed E-state index contributed by atoms with van der Waals surface area (Å²) in [5.74, 6) is -0.0562. The molecule has 0 bridgehead atoms. The molecule has 0 aliphatic heterocycles. The molecule has 17 heavy (non-hydrogen) atoms. The van der Waals surface area contributed by atoms with Crippen LogP contribution in [0.3, 0.4) is 0 Å². The van der Waals surface area contributed by atoms with Gasteiger partial charge in [-0.05, 0) is 32.8 Å². The van der Waals surface area contributed by atoms with Crippen LogP contribution in [0.1, 0.15) is 41.0 Å². The van der Waals surface area contributed by atoms with Crippen molar-refractivity contribution in [1.29, 1.82) is 0 Å². The number of unbranched alkanes of at least 4 members (excludes halogenated alkanes) is 2. The summed E-state index contributed by atoms with van der Waals surface area (Å²) in [6.07, 6.45) is 3.27. The molecule has 0 atom stereocenters. The van der Waals surface area contributed by atoms with Crippen molar-refractivity contribution in [2.24, 2.45) is 0 Å². The van der Waals surface area contributed by atoms with Crippen LogP contribution in [0.25, 0.3) is 0 Å². The van der Waals surface area contributed by atoms with Crippen molar-refractivity contribution in [3.63, 3.8) is 0 Å². The number of hydrogen-bond donors (Lipinski definition) is 1. The number of hydrogen-bond acceptors (Lipinski definition) is 3. The van der Waals surface area contributed by atoms with Gasteiger partial charge in [-0.3, -0.25) is 4.79 Å². The Balaban J connectivity index is 2.44. The predicted octanol–water partition coefficient (Wildman–Crippen LogP) is 2.39. The lowest BCUT2D eigenvalue weighted by Gasteiger charge is -2.07. The van der Waals surface area contributed by atoms with Crippen LogP contribution in [0.15, 0.2) is 6.07 Å². The number of rotatable bonds is 6. The van der Waals surface area contributed by atoms with Crippen LogP contribution in [0, 0.1) is 13.8 Å². The zero-order chi connectivity index (χ0) is 12.7. The first-order valence-corrected chi connectivity index (χ1v) is 6.92. The van der Waals surface area contributed by atoms with E-state index in [0.717, 1.165) is 30.3 Å². The fourth-order valence-corrected chi connectivity index (χ4v) is 1.87. The average Bonchev–Trinajstić information content (AvgIpc) is 2.32. The Morgan fingerprint density at radius 2 is 2.06 bits per heavy atom. The second-order valence-electron chi connectivity index (χ2n) is 3.99. The van der Waals surface area contributed by atoms with Crippen molar-refractivity contribution in [1.82, 2.24) is 15.5 Å². The third kappa shape index (κ3) is 4.81. The quantitative estimate of drug-likeness (QED) is 0.648. The highest BCUT2D eigenvalue weighted by Gasteiger charge is 2.09. The van der Waals surface area contributed by atoms with Gasteiger partial charge in [-0.15, -0.1) is 0 Å². The normalized spacial score (nSPS) is 10.3. The molecule has 0 fully saturated rings. The molecule has 1 amide bonds. The summed E-state index contributed by atoms with van der Waals surface area (Å²) in [5, 5.41) is 11.8. The number of aryl methyl sites for hydroxylation is 2. The highest BCUT2D eigenvalue weighted by atomic mass is 79.9. The molecule has 0 aliphatic carbocycles. The van der Waals surface area contributed by atoms with Crippen molar-refractivity contribution in [2.75, 3.05) is 11.9 Å². The van der Waals surface area contributed by atoms with Crippen molar-refractivity contribution in [3.05, 3.63) is 23.0 Å². The maximum Gasteiger partial charge on any atom is 0.253 e. The van der Waals surface area contributed by atoms with Gasteiger partial charge in [-0.2, -0.15) is 10.2 Å². The molecular formula is C12H18BrN3O. The smallest absolute Gasteiger partial charge is 0.253 e. The maximum atomic E-state index is 11.9. The van der Waals surface area contributed by atoms with Crippen LogP contribution in [0.5, 0.6) is 0 Å². The molecule has 1 aromatic rings. The van der Waals surface area contributed by atoms with Gasteiger partial charge in [-0.25, -0.2) is 0 Å². The molecule has 0 saturated heterocycles. The second kappa shape index (κ2) is 7.37. The zero-order valence-corrected chi connectivity index (χ0v) is 11.9. The summed E-state index contributed by atoms with van der Waals surface area (Å²) in [7, 11) is 0. The molecule has 0 radical (unpaired) electrons. The first-order valence-electron chi connectivity index (χ1n) is 5.80. The van der Waals surface area contributed by atoms with Crippen molar-refractivity contribution >= 4 is 21.8 Å². The van der Waals surface area contributed by atoms with Gasteiger partial charge in [0, 0.05) is 11.9 Å². The summed E-state index contributed by atoms with van der Waals surface area (Å²) in [5.41, 5.74) is 2.06. The second-order valence-corrected chi connectivity index (χ2v) is 4.78. The standard InChI is InChI=1S/C12H18BrN3O/c1-9-8-11(10(2)16-15-9)12(17)14-7-5-3-4-6-13/h8H,3-7H2,1-2H3,(H,14,17). The maximum absolute atomic E-state index is 11.9. The van der Waals surface area contributed by atoms with Crippen LogP contribution in [-0.2, 0) is 0 Å². The van der Waals surface area contributed by atoms with Gasteiger partial charge in [0.1, 0.15) is 0 Å². The molecule has 5 heteroatoms. The summed E-state index contributed by atoms with van der Waals surface area (Å²) < 4.78 is 0. The number of carbonyl (C=O) groups excluding carboxylic acids is 1. The molecule has 0 aromatic carbocycles. The average molecular weight is 300 g/mol. The van der Waals surface area contributed by atoms with E-state index < -0.39 is 0 Å². The molecule has 1 rings (SSSR count). The molecular weight excluding hydrogens is 282 g/mol.